The molecule has 2 heteroatoms. The lowest BCUT2D eigenvalue weighted by Crippen LogP contribution is -2.36. The van der Waals surface area contributed by atoms with E-state index in [9.17, 15) is 0 Å². The predicted octanol–water partition coefficient (Wildman–Crippen LogP) is 14.9. The van der Waals surface area contributed by atoms with E-state index in [-0.39, 0.29) is 11.3 Å². The molecule has 0 fully saturated rings. The van der Waals surface area contributed by atoms with Crippen molar-refractivity contribution in [3.05, 3.63) is 246 Å². The molecule has 0 radical (unpaired) electrons. The Hall–Kier alpha value is -6.61. The van der Waals surface area contributed by atoms with Crippen molar-refractivity contribution in [2.45, 2.75) is 22.5 Å². The summed E-state index contributed by atoms with van der Waals surface area (Å²) in [5, 5.41) is 0.300. The highest BCUT2D eigenvalue weighted by molar-refractivity contribution is 8.01. The number of thioether (sulfide) groups is 1. The third kappa shape index (κ3) is 5.47. The monoisotopic (exact) mass is 759 g/mol. The van der Waals surface area contributed by atoms with Gasteiger partial charge in [0.05, 0.1) is 5.41 Å². The average molecular weight is 760 g/mol. The van der Waals surface area contributed by atoms with Crippen molar-refractivity contribution < 1.29 is 0 Å². The Kier molecular flexibility index (Phi) is 8.41. The first-order valence-corrected chi connectivity index (χ1v) is 21.2. The van der Waals surface area contributed by atoms with E-state index in [0.717, 1.165) is 17.1 Å². The molecule has 1 unspecified atom stereocenters. The van der Waals surface area contributed by atoms with Crippen molar-refractivity contribution in [3.8, 4) is 33.4 Å². The van der Waals surface area contributed by atoms with Crippen molar-refractivity contribution in [2.24, 2.45) is 5.92 Å². The Labute approximate surface area is 345 Å². The number of rotatable bonds is 7. The maximum atomic E-state index is 2.47. The number of nitrogens with zero attached hydrogens (tertiary/aromatic N) is 1. The highest BCUT2D eigenvalue weighted by atomic mass is 32.2. The van der Waals surface area contributed by atoms with Gasteiger partial charge in [0.15, 0.2) is 0 Å². The molecule has 2 atom stereocenters. The van der Waals surface area contributed by atoms with Gasteiger partial charge in [-0.05, 0) is 109 Å². The number of hydrogen-bond acceptors (Lipinski definition) is 2. The van der Waals surface area contributed by atoms with Crippen LogP contribution < -0.4 is 4.90 Å². The highest BCUT2D eigenvalue weighted by Gasteiger charge is 2.51. The third-order valence-electron chi connectivity index (χ3n) is 12.5. The van der Waals surface area contributed by atoms with Gasteiger partial charge in [0.1, 0.15) is 0 Å². The van der Waals surface area contributed by atoms with E-state index in [0.29, 0.717) is 5.25 Å². The molecule has 0 N–H and O–H groups in total. The highest BCUT2D eigenvalue weighted by Crippen LogP contribution is 2.62. The standard InChI is InChI=1S/C56H41NS/c1-38-51(56(43-19-9-4-10-20-43)52-23-13-11-21-47(52)48-22-12-14-24-53(48)56)36-35-50-49-34-33-46(37-54(49)58-55(38)50)57(44-29-25-41(26-30-44)39-15-5-2-6-16-39)45-31-27-42(28-32-45)40-17-7-3-8-18-40/h2-38,55H,1H3/t38?,55-/m1/s1. The number of benzene rings is 8. The van der Waals surface area contributed by atoms with Crippen LogP contribution >= 0.6 is 11.8 Å². The first-order chi connectivity index (χ1) is 28.7. The molecule has 276 valence electrons. The molecule has 8 aromatic rings. The van der Waals surface area contributed by atoms with Crippen LogP contribution in [0.2, 0.25) is 0 Å². The van der Waals surface area contributed by atoms with Gasteiger partial charge in [-0.1, -0.05) is 189 Å². The minimum absolute atomic E-state index is 0.285. The average Bonchev–Trinajstić information content (AvgIpc) is 3.82. The molecular weight excluding hydrogens is 719 g/mol. The number of allylic oxidation sites excluding steroid dienone is 3. The first-order valence-electron chi connectivity index (χ1n) is 20.3. The summed E-state index contributed by atoms with van der Waals surface area (Å²) in [6, 6.07) is 75.8. The second-order valence-electron chi connectivity index (χ2n) is 15.6. The fourth-order valence-corrected chi connectivity index (χ4v) is 11.3. The van der Waals surface area contributed by atoms with E-state index in [1.54, 1.807) is 0 Å². The van der Waals surface area contributed by atoms with E-state index in [4.69, 9.17) is 0 Å². The van der Waals surface area contributed by atoms with Gasteiger partial charge >= 0.3 is 0 Å². The van der Waals surface area contributed by atoms with Crippen LogP contribution in [-0.2, 0) is 5.41 Å². The van der Waals surface area contributed by atoms with Crippen LogP contribution in [0.4, 0.5) is 17.1 Å². The van der Waals surface area contributed by atoms with Gasteiger partial charge in [-0.3, -0.25) is 0 Å². The SMILES string of the molecule is CC1C(C2(c3ccccc3)c3ccccc3-c3ccccc32)=CC=C2c3ccc(N(c4ccc(-c5ccccc5)cc4)c4ccc(-c5ccccc5)cc4)cc3S[C@@H]21. The normalized spacial score (nSPS) is 17.0. The topological polar surface area (TPSA) is 3.24 Å². The van der Waals surface area contributed by atoms with Crippen molar-refractivity contribution in [1.29, 1.82) is 0 Å². The van der Waals surface area contributed by atoms with Crippen LogP contribution in [0.1, 0.15) is 29.2 Å². The molecule has 2 aliphatic carbocycles. The third-order valence-corrected chi connectivity index (χ3v) is 14.0. The number of fused-ring (bicyclic) bond motifs is 6. The lowest BCUT2D eigenvalue weighted by molar-refractivity contribution is 0.591. The van der Waals surface area contributed by atoms with Crippen LogP contribution in [0.5, 0.6) is 0 Å². The van der Waals surface area contributed by atoms with Crippen LogP contribution in [0, 0.1) is 5.92 Å². The maximum Gasteiger partial charge on any atom is 0.0679 e. The van der Waals surface area contributed by atoms with E-state index in [2.05, 4.69) is 230 Å². The molecule has 0 saturated heterocycles. The summed E-state index contributed by atoms with van der Waals surface area (Å²) in [5.41, 5.74) is 18.9. The molecule has 58 heavy (non-hydrogen) atoms. The molecule has 0 amide bonds. The molecule has 0 aromatic heterocycles. The van der Waals surface area contributed by atoms with Gasteiger partial charge in [-0.2, -0.15) is 0 Å². The van der Waals surface area contributed by atoms with Gasteiger partial charge < -0.3 is 4.90 Å². The second kappa shape index (κ2) is 14.1. The van der Waals surface area contributed by atoms with Gasteiger partial charge in [0.2, 0.25) is 0 Å². The van der Waals surface area contributed by atoms with Gasteiger partial charge in [0, 0.05) is 27.2 Å². The molecule has 3 aliphatic rings. The zero-order valence-corrected chi connectivity index (χ0v) is 33.1. The fraction of sp³-hybridized carbons (Fsp3) is 0.0714. The number of anilines is 3. The maximum absolute atomic E-state index is 2.47. The Balaban J connectivity index is 0.998. The van der Waals surface area contributed by atoms with Crippen LogP contribution in [0.3, 0.4) is 0 Å². The quantitative estimate of drug-likeness (QED) is 0.159. The van der Waals surface area contributed by atoms with Crippen LogP contribution in [-0.4, -0.2) is 5.25 Å². The molecular formula is C56H41NS. The van der Waals surface area contributed by atoms with Crippen molar-refractivity contribution in [3.63, 3.8) is 0 Å². The summed E-state index contributed by atoms with van der Waals surface area (Å²) in [6.07, 6.45) is 4.91. The lowest BCUT2D eigenvalue weighted by atomic mass is 9.62. The second-order valence-corrected chi connectivity index (χ2v) is 16.8. The Morgan fingerprint density at radius 3 is 1.45 bits per heavy atom. The van der Waals surface area contributed by atoms with Gasteiger partial charge in [0.25, 0.3) is 0 Å². The Morgan fingerprint density at radius 1 is 0.431 bits per heavy atom. The molecule has 1 nitrogen and oxygen atoms in total. The zero-order valence-electron chi connectivity index (χ0n) is 32.3. The van der Waals surface area contributed by atoms with E-state index in [1.165, 1.54) is 71.7 Å². The summed E-state index contributed by atoms with van der Waals surface area (Å²) in [6.45, 7) is 2.46. The molecule has 0 spiro atoms. The molecule has 0 saturated carbocycles. The Bertz CT molecular complexity index is 2730. The lowest BCUT2D eigenvalue weighted by Gasteiger charge is -2.41. The zero-order chi connectivity index (χ0) is 38.6. The van der Waals surface area contributed by atoms with Crippen LogP contribution in [0.15, 0.2) is 229 Å². The van der Waals surface area contributed by atoms with Crippen molar-refractivity contribution in [2.75, 3.05) is 4.90 Å². The molecule has 1 aliphatic heterocycles. The summed E-state index contributed by atoms with van der Waals surface area (Å²) in [7, 11) is 0. The molecule has 0 bridgehead atoms. The van der Waals surface area contributed by atoms with Crippen LogP contribution in [0.25, 0.3) is 39.0 Å². The summed E-state index contributed by atoms with van der Waals surface area (Å²) in [4.78, 5) is 3.74. The Morgan fingerprint density at radius 2 is 0.897 bits per heavy atom. The molecule has 1 heterocycles. The van der Waals surface area contributed by atoms with E-state index >= 15 is 0 Å². The smallest absolute Gasteiger partial charge is 0.0679 e. The van der Waals surface area contributed by atoms with E-state index in [1.807, 2.05) is 11.8 Å². The number of hydrogen-bond donors (Lipinski definition) is 0. The van der Waals surface area contributed by atoms with Crippen molar-refractivity contribution >= 4 is 34.4 Å². The molecule has 11 rings (SSSR count). The predicted molar refractivity (Wildman–Crippen MR) is 245 cm³/mol. The van der Waals surface area contributed by atoms with Gasteiger partial charge in [-0.25, -0.2) is 0 Å². The summed E-state index contributed by atoms with van der Waals surface area (Å²) < 4.78 is 0. The summed E-state index contributed by atoms with van der Waals surface area (Å²) in [5.74, 6) is 0.285. The molecule has 8 aromatic carbocycles. The van der Waals surface area contributed by atoms with Gasteiger partial charge in [-0.15, -0.1) is 11.8 Å². The fourth-order valence-electron chi connectivity index (χ4n) is 9.88. The summed E-state index contributed by atoms with van der Waals surface area (Å²) >= 11 is 2.03. The van der Waals surface area contributed by atoms with E-state index < -0.39 is 0 Å². The largest absolute Gasteiger partial charge is 0.310 e. The minimum Gasteiger partial charge on any atom is -0.310 e. The first kappa shape index (κ1) is 34.6. The minimum atomic E-state index is -0.370. The van der Waals surface area contributed by atoms with Crippen molar-refractivity contribution in [1.82, 2.24) is 0 Å².